The molecule has 0 aliphatic heterocycles. The summed E-state index contributed by atoms with van der Waals surface area (Å²) in [6.07, 6.45) is 1.65. The van der Waals surface area contributed by atoms with Crippen LogP contribution in [0, 0.1) is 0 Å². The highest BCUT2D eigenvalue weighted by molar-refractivity contribution is 7.88. The van der Waals surface area contributed by atoms with Crippen LogP contribution < -0.4 is 5.32 Å². The summed E-state index contributed by atoms with van der Waals surface area (Å²) in [5.41, 5.74) is 0.0552. The van der Waals surface area contributed by atoms with Crippen LogP contribution in [0.3, 0.4) is 0 Å². The molecule has 0 aromatic carbocycles. The van der Waals surface area contributed by atoms with Crippen molar-refractivity contribution in [3.05, 3.63) is 28.0 Å². The highest BCUT2D eigenvalue weighted by Crippen LogP contribution is 2.16. The van der Waals surface area contributed by atoms with Crippen molar-refractivity contribution >= 4 is 39.1 Å². The largest absolute Gasteiger partial charge is 0.351 e. The van der Waals surface area contributed by atoms with Gasteiger partial charge in [0.15, 0.2) is 0 Å². The number of amides is 1. The average Bonchev–Trinajstić information content (AvgIpc) is 2.39. The quantitative estimate of drug-likeness (QED) is 0.598. The molecule has 0 saturated heterocycles. The number of nitrogens with zero attached hydrogens (tertiary/aromatic N) is 2. The first-order valence-corrected chi connectivity index (χ1v) is 8.91. The monoisotopic (exact) mass is 353 g/mol. The number of hydrogen-bond donors (Lipinski definition) is 1. The molecule has 0 atom stereocenters. The van der Waals surface area contributed by atoms with Crippen molar-refractivity contribution in [1.82, 2.24) is 14.6 Å². The SMILES string of the molecule is CCN(CCCNC(=O)c1nc(Cl)ccc1Cl)S(C)(=O)=O. The molecule has 0 saturated carbocycles. The molecule has 0 fully saturated rings. The topological polar surface area (TPSA) is 79.4 Å². The first-order valence-electron chi connectivity index (χ1n) is 6.31. The van der Waals surface area contributed by atoms with E-state index >= 15 is 0 Å². The van der Waals surface area contributed by atoms with Crippen molar-refractivity contribution in [2.75, 3.05) is 25.9 Å². The lowest BCUT2D eigenvalue weighted by molar-refractivity contribution is 0.0948. The summed E-state index contributed by atoms with van der Waals surface area (Å²) >= 11 is 11.6. The van der Waals surface area contributed by atoms with Crippen molar-refractivity contribution < 1.29 is 13.2 Å². The first kappa shape index (κ1) is 18.2. The van der Waals surface area contributed by atoms with Crippen LogP contribution in [0.25, 0.3) is 0 Å². The van der Waals surface area contributed by atoms with E-state index in [2.05, 4.69) is 10.3 Å². The Morgan fingerprint density at radius 1 is 1.38 bits per heavy atom. The zero-order valence-electron chi connectivity index (χ0n) is 11.8. The van der Waals surface area contributed by atoms with Crippen LogP contribution in [0.2, 0.25) is 10.2 Å². The minimum absolute atomic E-state index is 0.0552. The smallest absolute Gasteiger partial charge is 0.271 e. The number of hydrogen-bond acceptors (Lipinski definition) is 4. The lowest BCUT2D eigenvalue weighted by atomic mass is 10.3. The van der Waals surface area contributed by atoms with Crippen LogP contribution >= 0.6 is 23.2 Å². The summed E-state index contributed by atoms with van der Waals surface area (Å²) in [6.45, 7) is 2.81. The number of aromatic nitrogens is 1. The molecule has 1 N–H and O–H groups in total. The second-order valence-electron chi connectivity index (χ2n) is 4.33. The van der Waals surface area contributed by atoms with Crippen LogP contribution in [-0.4, -0.2) is 49.5 Å². The minimum atomic E-state index is -3.21. The molecule has 0 spiro atoms. The van der Waals surface area contributed by atoms with E-state index in [1.54, 1.807) is 6.92 Å². The third kappa shape index (κ3) is 5.78. The summed E-state index contributed by atoms with van der Waals surface area (Å²) in [6, 6.07) is 2.99. The van der Waals surface area contributed by atoms with E-state index in [1.807, 2.05) is 0 Å². The number of halogens is 2. The Bertz CT molecular complexity index is 608. The molecule has 0 unspecified atom stereocenters. The second kappa shape index (κ2) is 7.93. The lowest BCUT2D eigenvalue weighted by Crippen LogP contribution is -2.33. The van der Waals surface area contributed by atoms with Crippen LogP contribution in [-0.2, 0) is 10.0 Å². The van der Waals surface area contributed by atoms with E-state index in [9.17, 15) is 13.2 Å². The van der Waals surface area contributed by atoms with Crippen LogP contribution in [0.1, 0.15) is 23.8 Å². The van der Waals surface area contributed by atoms with E-state index in [4.69, 9.17) is 23.2 Å². The minimum Gasteiger partial charge on any atom is -0.351 e. The van der Waals surface area contributed by atoms with E-state index in [0.717, 1.165) is 6.26 Å². The molecule has 0 aliphatic carbocycles. The molecule has 0 bridgehead atoms. The maximum Gasteiger partial charge on any atom is 0.271 e. The normalized spacial score (nSPS) is 11.7. The van der Waals surface area contributed by atoms with E-state index < -0.39 is 15.9 Å². The number of nitrogens with one attached hydrogen (secondary N) is 1. The molecule has 6 nitrogen and oxygen atoms in total. The Kier molecular flexibility index (Phi) is 6.86. The van der Waals surface area contributed by atoms with Crippen LogP contribution in [0.4, 0.5) is 0 Å². The van der Waals surface area contributed by atoms with Gasteiger partial charge in [0.25, 0.3) is 5.91 Å². The summed E-state index contributed by atoms with van der Waals surface area (Å²) < 4.78 is 24.1. The second-order valence-corrected chi connectivity index (χ2v) is 7.11. The predicted octanol–water partition coefficient (Wildman–Crippen LogP) is 1.79. The Labute approximate surface area is 134 Å². The summed E-state index contributed by atoms with van der Waals surface area (Å²) in [5, 5.41) is 3.02. The van der Waals surface area contributed by atoms with E-state index in [0.29, 0.717) is 26.1 Å². The summed E-state index contributed by atoms with van der Waals surface area (Å²) in [4.78, 5) is 15.7. The molecule has 0 radical (unpaired) electrons. The molecular weight excluding hydrogens is 337 g/mol. The molecule has 0 aliphatic rings. The van der Waals surface area contributed by atoms with Crippen molar-refractivity contribution in [3.8, 4) is 0 Å². The standard InChI is InChI=1S/C12H17Cl2N3O3S/c1-3-17(21(2,19)20)8-4-7-15-12(18)11-9(13)5-6-10(14)16-11/h5-6H,3-4,7-8H2,1-2H3,(H,15,18). The van der Waals surface area contributed by atoms with Gasteiger partial charge < -0.3 is 5.32 Å². The fraction of sp³-hybridized carbons (Fsp3) is 0.500. The molecule has 1 aromatic rings. The van der Waals surface area contributed by atoms with Gasteiger partial charge in [0.2, 0.25) is 10.0 Å². The summed E-state index contributed by atoms with van der Waals surface area (Å²) in [7, 11) is -3.21. The maximum absolute atomic E-state index is 11.9. The molecule has 1 heterocycles. The number of rotatable bonds is 7. The third-order valence-corrected chi connectivity index (χ3v) is 4.61. The fourth-order valence-corrected chi connectivity index (χ4v) is 2.95. The van der Waals surface area contributed by atoms with Gasteiger partial charge in [-0.05, 0) is 18.6 Å². The molecule has 1 aromatic heterocycles. The highest BCUT2D eigenvalue weighted by atomic mass is 35.5. The van der Waals surface area contributed by atoms with Crippen molar-refractivity contribution in [2.24, 2.45) is 0 Å². The Hall–Kier alpha value is -0.890. The zero-order chi connectivity index (χ0) is 16.0. The van der Waals surface area contributed by atoms with Gasteiger partial charge in [-0.15, -0.1) is 0 Å². The van der Waals surface area contributed by atoms with Crippen molar-refractivity contribution in [3.63, 3.8) is 0 Å². The Morgan fingerprint density at radius 2 is 2.05 bits per heavy atom. The maximum atomic E-state index is 11.9. The van der Waals surface area contributed by atoms with Crippen molar-refractivity contribution in [1.29, 1.82) is 0 Å². The van der Waals surface area contributed by atoms with Gasteiger partial charge in [-0.25, -0.2) is 17.7 Å². The van der Waals surface area contributed by atoms with Gasteiger partial charge >= 0.3 is 0 Å². The first-order chi connectivity index (χ1) is 9.75. The van der Waals surface area contributed by atoms with Gasteiger partial charge in [-0.3, -0.25) is 4.79 Å². The molecule has 1 amide bonds. The zero-order valence-corrected chi connectivity index (χ0v) is 14.1. The molecule has 21 heavy (non-hydrogen) atoms. The van der Waals surface area contributed by atoms with Gasteiger partial charge in [0, 0.05) is 19.6 Å². The number of pyridine rings is 1. The van der Waals surface area contributed by atoms with Crippen LogP contribution in [0.5, 0.6) is 0 Å². The van der Waals surface area contributed by atoms with Gasteiger partial charge in [0.05, 0.1) is 11.3 Å². The van der Waals surface area contributed by atoms with Crippen molar-refractivity contribution in [2.45, 2.75) is 13.3 Å². The van der Waals surface area contributed by atoms with E-state index in [-0.39, 0.29) is 15.9 Å². The van der Waals surface area contributed by atoms with Gasteiger partial charge in [-0.1, -0.05) is 30.1 Å². The predicted molar refractivity (Wildman–Crippen MR) is 83.3 cm³/mol. The highest BCUT2D eigenvalue weighted by Gasteiger charge is 2.15. The number of sulfonamides is 1. The molecule has 1 rings (SSSR count). The molecule has 118 valence electrons. The van der Waals surface area contributed by atoms with Gasteiger partial charge in [0.1, 0.15) is 10.8 Å². The fourth-order valence-electron chi connectivity index (χ4n) is 1.68. The molecule has 9 heteroatoms. The number of carbonyl (C=O) groups excluding carboxylic acids is 1. The molecular formula is C12H17Cl2N3O3S. The number of carbonyl (C=O) groups is 1. The average molecular weight is 354 g/mol. The van der Waals surface area contributed by atoms with Gasteiger partial charge in [-0.2, -0.15) is 0 Å². The van der Waals surface area contributed by atoms with E-state index in [1.165, 1.54) is 16.4 Å². The lowest BCUT2D eigenvalue weighted by Gasteiger charge is -2.17. The Balaban J connectivity index is 2.49. The summed E-state index contributed by atoms with van der Waals surface area (Å²) in [5.74, 6) is -0.440. The third-order valence-electron chi connectivity index (χ3n) is 2.72. The van der Waals surface area contributed by atoms with Crippen LogP contribution in [0.15, 0.2) is 12.1 Å². The Morgan fingerprint density at radius 3 is 2.62 bits per heavy atom.